The summed E-state index contributed by atoms with van der Waals surface area (Å²) in [5.74, 6) is -0.250. The van der Waals surface area contributed by atoms with Crippen LogP contribution in [-0.4, -0.2) is 45.0 Å². The van der Waals surface area contributed by atoms with Crippen molar-refractivity contribution in [3.63, 3.8) is 0 Å². The second kappa shape index (κ2) is 8.03. The topological polar surface area (TPSA) is 86.0 Å². The number of pyridine rings is 1. The van der Waals surface area contributed by atoms with Gasteiger partial charge in [-0.05, 0) is 29.7 Å². The van der Waals surface area contributed by atoms with Crippen LogP contribution in [0.4, 0.5) is 0 Å². The number of aromatic hydroxyl groups is 1. The van der Waals surface area contributed by atoms with Crippen LogP contribution in [0.1, 0.15) is 40.1 Å². The molecule has 2 aliphatic rings. The van der Waals surface area contributed by atoms with Gasteiger partial charge in [0.15, 0.2) is 11.4 Å². The van der Waals surface area contributed by atoms with E-state index in [1.807, 2.05) is 29.3 Å². The lowest BCUT2D eigenvalue weighted by molar-refractivity contribution is 0.0525. The van der Waals surface area contributed by atoms with E-state index in [0.29, 0.717) is 0 Å². The monoisotopic (exact) mass is 449 g/mol. The number of carbonyl (C=O) groups excluding carboxylic acids is 1. The zero-order chi connectivity index (χ0) is 22.4. The van der Waals surface area contributed by atoms with Gasteiger partial charge < -0.3 is 15.1 Å². The zero-order valence-electron chi connectivity index (χ0n) is 17.5. The molecule has 0 fully saturated rings. The maximum atomic E-state index is 13.2. The van der Waals surface area contributed by atoms with Crippen molar-refractivity contribution in [2.24, 2.45) is 0 Å². The van der Waals surface area contributed by atoms with E-state index in [1.54, 1.807) is 29.6 Å². The number of fused-ring (bicyclic) bond motifs is 3. The molecule has 2 atom stereocenters. The van der Waals surface area contributed by atoms with E-state index in [2.05, 4.69) is 24.3 Å². The molecular weight excluding hydrogens is 426 g/mol. The third kappa shape index (κ3) is 3.18. The van der Waals surface area contributed by atoms with E-state index in [-0.39, 0.29) is 25.0 Å². The molecule has 0 spiro atoms. The van der Waals surface area contributed by atoms with Gasteiger partial charge in [-0.1, -0.05) is 42.5 Å². The first kappa shape index (κ1) is 20.7. The van der Waals surface area contributed by atoms with E-state index in [4.69, 9.17) is 0 Å². The summed E-state index contributed by atoms with van der Waals surface area (Å²) in [4.78, 5) is 28.1. The minimum Gasteiger partial charge on any atom is -0.502 e. The molecule has 2 aromatic carbocycles. The summed E-state index contributed by atoms with van der Waals surface area (Å²) in [6.07, 6.45) is 1.54. The summed E-state index contributed by atoms with van der Waals surface area (Å²) in [7, 11) is 0. The number of aromatic nitrogens is 1. The van der Waals surface area contributed by atoms with E-state index in [9.17, 15) is 19.8 Å². The average molecular weight is 450 g/mol. The standard InChI is InChI=1S/C24H23N3O4S/c1-15(12-28)25-14-27(26-11-10-19(29)23(30)22(26)24(25)31)21-17-7-3-2-6-16(17)13-32-20-9-5-4-8-18(20)21/h2-11,15,21,28,30H,12-14H2,1H3/t15-,21?/m1/s1. The normalized spacial score (nSPS) is 18.4. The number of aliphatic hydroxyl groups is 1. The molecule has 0 saturated heterocycles. The molecule has 8 heteroatoms. The van der Waals surface area contributed by atoms with Gasteiger partial charge >= 0.3 is 0 Å². The Hall–Kier alpha value is -3.23. The molecule has 0 saturated carbocycles. The highest BCUT2D eigenvalue weighted by atomic mass is 32.2. The van der Waals surface area contributed by atoms with Gasteiger partial charge in [-0.25, -0.2) is 0 Å². The van der Waals surface area contributed by atoms with Crippen LogP contribution in [0.15, 0.2) is 70.5 Å². The summed E-state index contributed by atoms with van der Waals surface area (Å²) in [5.41, 5.74) is 2.66. The zero-order valence-corrected chi connectivity index (χ0v) is 18.3. The van der Waals surface area contributed by atoms with Crippen LogP contribution in [0.2, 0.25) is 0 Å². The molecule has 2 N–H and O–H groups in total. The number of aliphatic hydroxyl groups excluding tert-OH is 1. The van der Waals surface area contributed by atoms with Gasteiger partial charge in [0.2, 0.25) is 5.43 Å². The molecule has 0 bridgehead atoms. The first-order chi connectivity index (χ1) is 15.5. The van der Waals surface area contributed by atoms with Crippen molar-refractivity contribution in [1.29, 1.82) is 0 Å². The predicted molar refractivity (Wildman–Crippen MR) is 122 cm³/mol. The Morgan fingerprint density at radius 1 is 1.06 bits per heavy atom. The molecular formula is C24H23N3O4S. The Bertz CT molecular complexity index is 1210. The fraction of sp³-hybridized carbons (Fsp3) is 0.250. The maximum Gasteiger partial charge on any atom is 0.278 e. The number of hydrogen-bond acceptors (Lipinski definition) is 6. The van der Waals surface area contributed by atoms with Crippen molar-refractivity contribution < 1.29 is 15.0 Å². The minimum absolute atomic E-state index is 0.0871. The van der Waals surface area contributed by atoms with Crippen LogP contribution in [0, 0.1) is 0 Å². The number of hydrogen-bond donors (Lipinski definition) is 2. The van der Waals surface area contributed by atoms with Crippen molar-refractivity contribution in [2.45, 2.75) is 29.7 Å². The van der Waals surface area contributed by atoms with E-state index in [1.165, 1.54) is 16.5 Å². The Balaban J connectivity index is 1.78. The first-order valence-electron chi connectivity index (χ1n) is 10.4. The molecule has 0 aliphatic carbocycles. The highest BCUT2D eigenvalue weighted by Crippen LogP contribution is 2.42. The molecule has 3 aromatic rings. The van der Waals surface area contributed by atoms with Crippen LogP contribution in [-0.2, 0) is 5.75 Å². The molecule has 3 heterocycles. The molecule has 5 rings (SSSR count). The Morgan fingerprint density at radius 3 is 2.56 bits per heavy atom. The third-order valence-electron chi connectivity index (χ3n) is 6.13. The van der Waals surface area contributed by atoms with Crippen LogP contribution in [0.25, 0.3) is 0 Å². The largest absolute Gasteiger partial charge is 0.502 e. The fourth-order valence-corrected chi connectivity index (χ4v) is 5.51. The quantitative estimate of drug-likeness (QED) is 0.640. The smallest absolute Gasteiger partial charge is 0.278 e. The minimum atomic E-state index is -0.611. The SMILES string of the molecule is C[C@H](CO)N1CN(C2c3ccccc3CSc3ccccc32)n2ccc(=O)c(O)c2C1=O. The number of benzene rings is 2. The number of rotatable bonds is 3. The molecule has 1 amide bonds. The molecule has 1 unspecified atom stereocenters. The van der Waals surface area contributed by atoms with Crippen molar-refractivity contribution >= 4 is 17.7 Å². The predicted octanol–water partition coefficient (Wildman–Crippen LogP) is 2.68. The molecule has 1 aromatic heterocycles. The summed E-state index contributed by atoms with van der Waals surface area (Å²) in [6, 6.07) is 16.9. The van der Waals surface area contributed by atoms with Gasteiger partial charge in [-0.2, -0.15) is 0 Å². The Labute approximate surface area is 189 Å². The number of amides is 1. The summed E-state index contributed by atoms with van der Waals surface area (Å²) in [5, 5.41) is 22.3. The van der Waals surface area contributed by atoms with Gasteiger partial charge in [0.1, 0.15) is 6.67 Å². The summed E-state index contributed by atoms with van der Waals surface area (Å²) >= 11 is 1.76. The average Bonchev–Trinajstić information content (AvgIpc) is 2.98. The van der Waals surface area contributed by atoms with Gasteiger partial charge in [-0.3, -0.25) is 19.3 Å². The fourth-order valence-electron chi connectivity index (χ4n) is 4.41. The van der Waals surface area contributed by atoms with Gasteiger partial charge in [0.25, 0.3) is 5.91 Å². The van der Waals surface area contributed by atoms with Crippen molar-refractivity contribution in [3.8, 4) is 5.75 Å². The van der Waals surface area contributed by atoms with Crippen molar-refractivity contribution in [3.05, 3.63) is 93.4 Å². The van der Waals surface area contributed by atoms with Gasteiger partial charge in [0.05, 0.1) is 18.7 Å². The van der Waals surface area contributed by atoms with Crippen LogP contribution in [0.3, 0.4) is 0 Å². The molecule has 0 radical (unpaired) electrons. The highest BCUT2D eigenvalue weighted by molar-refractivity contribution is 7.98. The first-order valence-corrected chi connectivity index (χ1v) is 11.4. The number of carbonyl (C=O) groups is 1. The van der Waals surface area contributed by atoms with Crippen molar-refractivity contribution in [2.75, 3.05) is 18.3 Å². The number of nitrogens with zero attached hydrogens (tertiary/aromatic N) is 3. The summed E-state index contributed by atoms with van der Waals surface area (Å²) < 4.78 is 1.59. The number of thioether (sulfide) groups is 1. The third-order valence-corrected chi connectivity index (χ3v) is 7.27. The molecule has 164 valence electrons. The Morgan fingerprint density at radius 2 is 1.78 bits per heavy atom. The van der Waals surface area contributed by atoms with Crippen LogP contribution in [0.5, 0.6) is 5.75 Å². The van der Waals surface area contributed by atoms with E-state index >= 15 is 0 Å². The second-order valence-corrected chi connectivity index (χ2v) is 9.05. The highest BCUT2D eigenvalue weighted by Gasteiger charge is 2.39. The molecule has 7 nitrogen and oxygen atoms in total. The van der Waals surface area contributed by atoms with Crippen LogP contribution < -0.4 is 10.4 Å². The molecule has 2 aliphatic heterocycles. The lowest BCUT2D eigenvalue weighted by Gasteiger charge is -2.45. The van der Waals surface area contributed by atoms with Gasteiger partial charge in [-0.15, -0.1) is 11.8 Å². The van der Waals surface area contributed by atoms with E-state index in [0.717, 1.165) is 21.8 Å². The van der Waals surface area contributed by atoms with Crippen LogP contribution >= 0.6 is 11.8 Å². The van der Waals surface area contributed by atoms with E-state index < -0.39 is 23.1 Å². The van der Waals surface area contributed by atoms with Gasteiger partial charge in [0, 0.05) is 22.9 Å². The molecule has 32 heavy (non-hydrogen) atoms. The van der Waals surface area contributed by atoms with Crippen molar-refractivity contribution in [1.82, 2.24) is 9.58 Å². The Kier molecular flexibility index (Phi) is 5.19. The lowest BCUT2D eigenvalue weighted by atomic mass is 9.94. The lowest BCUT2D eigenvalue weighted by Crippen LogP contribution is -2.58. The summed E-state index contributed by atoms with van der Waals surface area (Å²) in [6.45, 7) is 1.70. The second-order valence-electron chi connectivity index (χ2n) is 8.04. The maximum absolute atomic E-state index is 13.2.